The van der Waals surface area contributed by atoms with Crippen LogP contribution in [0.4, 0.5) is 0 Å². The third kappa shape index (κ3) is 9.67. The molecule has 0 atom stereocenters. The Morgan fingerprint density at radius 3 is 1.62 bits per heavy atom. The standard InChI is InChI=1S/C94H67N5OSi/c1-94(2,3)66-54-55-95-90(59-66)99-86-50-23-20-43-78(86)79-53-52-69(61-88(79)99)100-68-32-25-31-67(60-68)96-62-97-92-82(47-27-51-87(92)98-84-48-21-18-41-76(84)77-42-19-22-49-85(77)98)81-46-26-45-74(63-28-8-4-9-29-63)91(81)80-44-17-16-40-75(80)83-57-65(58-89(96)93(83)97)64-30-24-39-73(56-64)101(70-33-10-5-11-34-70,71-35-12-6-13-36-71)72-37-14-7-15-38-72/h4-61H,1-3H3/i4D,5D,6D,7D,8D,9D,10D,11D,12D,13D,14D,15D,24D,28D,29D,30D,33D,34D,35D,36D,37D,38D,39D,56D. The number of pyridine rings is 1. The first-order chi connectivity index (χ1) is 59.7. The zero-order valence-electron chi connectivity index (χ0n) is 78.3. The second kappa shape index (κ2) is 23.8. The van der Waals surface area contributed by atoms with Crippen LogP contribution in [0.25, 0.3) is 133 Å². The zero-order chi connectivity index (χ0) is 88.2. The Hall–Kier alpha value is -12.7. The first kappa shape index (κ1) is 39.6. The van der Waals surface area contributed by atoms with Gasteiger partial charge in [0.05, 0.1) is 83.1 Å². The van der Waals surface area contributed by atoms with Crippen LogP contribution in [0, 0.1) is 6.33 Å². The number of fused-ring (bicyclic) bond motifs is 13. The molecule has 19 rings (SSSR count). The van der Waals surface area contributed by atoms with Gasteiger partial charge in [0, 0.05) is 33.8 Å². The number of rotatable bonds is 11. The molecule has 6 nitrogen and oxygen atoms in total. The molecular weight excluding hydrogens is 1240 g/mol. The summed E-state index contributed by atoms with van der Waals surface area (Å²) in [6.07, 6.45) is 5.62. The largest absolute Gasteiger partial charge is 0.458 e. The SMILES string of the molecule is [2H]c1c([2H])c([2H])c(-c2cccc3c2-c2ccccc2-c2cc(-c4c([2H])c([2H])c([2H])c([Si](c5c([2H])c([2H])c([2H])c([2H])c5[2H])(c5c([2H])c([2H])c([2H])c([2H])c5[2H])c5c([2H])c([2H])c([2H])c([2H])c5[2H])c4[2H])cc4c2[n+]([c-]n4-c2cccc(Oc4ccc5c6ccccc6n(-c6cc(C(C)(C)C)ccn6)c5c4)c2)-c2c-3cccc2-n2c3ccccc3c3ccccc32)c([2H])c1[2H]. The van der Waals surface area contributed by atoms with Crippen molar-refractivity contribution in [2.75, 3.05) is 0 Å². The predicted molar refractivity (Wildman–Crippen MR) is 420 cm³/mol. The van der Waals surface area contributed by atoms with Gasteiger partial charge in [0.15, 0.2) is 8.07 Å². The van der Waals surface area contributed by atoms with Crippen molar-refractivity contribution in [2.24, 2.45) is 0 Å². The van der Waals surface area contributed by atoms with Crippen LogP contribution in [0.1, 0.15) is 59.2 Å². The number of para-hydroxylation sites is 4. The zero-order valence-corrected chi connectivity index (χ0v) is 55.3. The van der Waals surface area contributed by atoms with E-state index in [1.165, 1.54) is 0 Å². The average molecular weight is 1330 g/mol. The van der Waals surface area contributed by atoms with E-state index in [0.717, 1.165) is 49.2 Å². The molecule has 4 aromatic heterocycles. The van der Waals surface area contributed by atoms with Crippen molar-refractivity contribution in [2.45, 2.75) is 26.2 Å². The van der Waals surface area contributed by atoms with Crippen molar-refractivity contribution >= 4 is 83.5 Å². The molecule has 0 unspecified atom stereocenters. The number of hydrogen-bond acceptors (Lipinski definition) is 2. The highest BCUT2D eigenvalue weighted by Gasteiger charge is 2.42. The number of imidazole rings is 1. The van der Waals surface area contributed by atoms with E-state index in [9.17, 15) is 24.7 Å². The maximum Gasteiger partial charge on any atom is 0.269 e. The maximum atomic E-state index is 11.3. The Labute approximate surface area is 621 Å². The molecule has 478 valence electrons. The molecule has 0 spiro atoms. The van der Waals surface area contributed by atoms with Gasteiger partial charge in [-0.3, -0.25) is 13.7 Å². The number of aromatic nitrogens is 5. The summed E-state index contributed by atoms with van der Waals surface area (Å²) in [6.45, 7) is 6.42. The Morgan fingerprint density at radius 2 is 0.950 bits per heavy atom. The van der Waals surface area contributed by atoms with Crippen molar-refractivity contribution in [3.8, 4) is 90.0 Å². The van der Waals surface area contributed by atoms with E-state index in [4.69, 9.17) is 17.9 Å². The Bertz CT molecular complexity index is 7510. The molecule has 0 bridgehead atoms. The quantitative estimate of drug-likeness (QED) is 0.0560. The fourth-order valence-corrected chi connectivity index (χ4v) is 18.3. The summed E-state index contributed by atoms with van der Waals surface area (Å²) in [5, 5.41) is -0.328. The molecule has 0 fully saturated rings. The van der Waals surface area contributed by atoms with Crippen LogP contribution >= 0.6 is 0 Å². The van der Waals surface area contributed by atoms with Crippen LogP contribution in [0.3, 0.4) is 0 Å². The van der Waals surface area contributed by atoms with Gasteiger partial charge in [-0.2, -0.15) is 0 Å². The molecule has 14 aromatic carbocycles. The van der Waals surface area contributed by atoms with Crippen molar-refractivity contribution in [1.29, 1.82) is 0 Å². The molecule has 18 aromatic rings. The number of nitrogens with zero attached hydrogens (tertiary/aromatic N) is 5. The Morgan fingerprint density at radius 1 is 0.406 bits per heavy atom. The molecular formula is C94H67N5OSi. The van der Waals surface area contributed by atoms with Crippen molar-refractivity contribution in [3.63, 3.8) is 0 Å². The third-order valence-corrected chi connectivity index (χ3v) is 23.1. The predicted octanol–water partition coefficient (Wildman–Crippen LogP) is 20.4. The first-order valence-electron chi connectivity index (χ1n) is 44.8. The molecule has 0 saturated carbocycles. The third-order valence-electron chi connectivity index (χ3n) is 19.1. The molecule has 7 heteroatoms. The van der Waals surface area contributed by atoms with Crippen LogP contribution in [0.15, 0.2) is 351 Å². The fraction of sp³-hybridized carbons (Fsp3) is 0.0426. The monoisotopic (exact) mass is 1330 g/mol. The molecule has 101 heavy (non-hydrogen) atoms. The van der Waals surface area contributed by atoms with Gasteiger partial charge in [0.1, 0.15) is 17.3 Å². The molecule has 1 aliphatic heterocycles. The smallest absolute Gasteiger partial charge is 0.269 e. The summed E-state index contributed by atoms with van der Waals surface area (Å²) in [6, 6.07) is 38.5. The van der Waals surface area contributed by atoms with E-state index in [0.29, 0.717) is 67.7 Å². The molecule has 5 heterocycles. The Kier molecular flexibility index (Phi) is 9.34. The molecule has 0 saturated heterocycles. The molecule has 0 aliphatic carbocycles. The van der Waals surface area contributed by atoms with Crippen LogP contribution in [-0.4, -0.2) is 26.8 Å². The van der Waals surface area contributed by atoms with Gasteiger partial charge >= 0.3 is 0 Å². The summed E-state index contributed by atoms with van der Waals surface area (Å²) in [4.78, 5) is 4.92. The highest BCUT2D eigenvalue weighted by Crippen LogP contribution is 2.50. The van der Waals surface area contributed by atoms with Gasteiger partial charge in [-0.1, -0.05) is 287 Å². The van der Waals surface area contributed by atoms with Gasteiger partial charge in [-0.25, -0.2) is 4.98 Å². The average Bonchev–Trinajstić information content (AvgIpc) is 1.37. The highest BCUT2D eigenvalue weighted by atomic mass is 28.3. The lowest BCUT2D eigenvalue weighted by molar-refractivity contribution is -0.571. The van der Waals surface area contributed by atoms with Crippen LogP contribution in [0.2, 0.25) is 0 Å². The van der Waals surface area contributed by atoms with Crippen molar-refractivity contribution < 1.29 is 42.2 Å². The van der Waals surface area contributed by atoms with Crippen molar-refractivity contribution in [3.05, 3.63) is 363 Å². The van der Waals surface area contributed by atoms with Gasteiger partial charge in [-0.15, -0.1) is 0 Å². The van der Waals surface area contributed by atoms with E-state index in [1.54, 1.807) is 83.6 Å². The summed E-state index contributed by atoms with van der Waals surface area (Å²) in [7, 11) is -6.42. The number of hydrogen-bond donors (Lipinski definition) is 0. The van der Waals surface area contributed by atoms with Crippen LogP contribution in [0.5, 0.6) is 11.5 Å². The first-order valence-corrected chi connectivity index (χ1v) is 34.8. The number of benzene rings is 14. The second-order valence-corrected chi connectivity index (χ2v) is 29.3. The van der Waals surface area contributed by atoms with Gasteiger partial charge in [0.2, 0.25) is 0 Å². The summed E-state index contributed by atoms with van der Waals surface area (Å²) < 4.78 is 247. The van der Waals surface area contributed by atoms with Gasteiger partial charge < -0.3 is 9.30 Å². The molecule has 0 amide bonds. The lowest BCUT2D eigenvalue weighted by Gasteiger charge is -2.34. The van der Waals surface area contributed by atoms with Gasteiger partial charge in [0.25, 0.3) is 6.33 Å². The van der Waals surface area contributed by atoms with Gasteiger partial charge in [-0.05, 0) is 160 Å². The molecule has 1 aliphatic rings. The minimum absolute atomic E-state index is 0.147. The fourth-order valence-electron chi connectivity index (χ4n) is 14.7. The normalized spacial score (nSPS) is 15.4. The lowest BCUT2D eigenvalue weighted by Crippen LogP contribution is -2.74. The summed E-state index contributed by atoms with van der Waals surface area (Å²) in [5.41, 5.74) is 7.69. The lowest BCUT2D eigenvalue weighted by atomic mass is 9.84. The van der Waals surface area contributed by atoms with E-state index in [-0.39, 0.29) is 33.2 Å². The second-order valence-electron chi connectivity index (χ2n) is 25.8. The minimum Gasteiger partial charge on any atom is -0.458 e. The summed E-state index contributed by atoms with van der Waals surface area (Å²) >= 11 is 0. The Balaban J connectivity index is 0.983. The maximum absolute atomic E-state index is 11.3. The molecule has 0 N–H and O–H groups in total. The van der Waals surface area contributed by atoms with Crippen molar-refractivity contribution in [1.82, 2.24) is 18.7 Å². The van der Waals surface area contributed by atoms with Crippen LogP contribution < -0.4 is 30.1 Å². The topological polar surface area (TPSA) is 40.8 Å². The van der Waals surface area contributed by atoms with E-state index in [2.05, 4.69) is 48.4 Å². The minimum atomic E-state index is -6.42. The van der Waals surface area contributed by atoms with E-state index >= 15 is 0 Å². The molecule has 0 radical (unpaired) electrons. The number of ether oxygens (including phenoxy) is 1. The van der Waals surface area contributed by atoms with Crippen LogP contribution in [-0.2, 0) is 5.41 Å². The van der Waals surface area contributed by atoms with E-state index in [1.807, 2.05) is 120 Å². The summed E-state index contributed by atoms with van der Waals surface area (Å²) in [5.74, 6) is 1.43. The highest BCUT2D eigenvalue weighted by molar-refractivity contribution is 7.20. The van der Waals surface area contributed by atoms with E-state index < -0.39 is 179 Å².